The number of halogens is 1. The van der Waals surface area contributed by atoms with Crippen molar-refractivity contribution >= 4 is 15.9 Å². The summed E-state index contributed by atoms with van der Waals surface area (Å²) in [5.74, 6) is 2.44. The maximum Gasteiger partial charge on any atom is 0.122 e. The van der Waals surface area contributed by atoms with Crippen LogP contribution >= 0.6 is 15.9 Å². The first-order valence-electron chi connectivity index (χ1n) is 4.10. The van der Waals surface area contributed by atoms with E-state index >= 15 is 0 Å². The summed E-state index contributed by atoms with van der Waals surface area (Å²) < 4.78 is 0.995. The van der Waals surface area contributed by atoms with Crippen LogP contribution in [0.1, 0.15) is 11.6 Å². The molecule has 0 aliphatic carbocycles. The Morgan fingerprint density at radius 2 is 2.07 bits per heavy atom. The molecule has 70 valence electrons. The second-order valence-corrected chi connectivity index (χ2v) is 3.61. The average Bonchev–Trinajstić information content (AvgIpc) is 2.21. The van der Waals surface area contributed by atoms with Crippen molar-refractivity contribution < 1.29 is 0 Å². The summed E-state index contributed by atoms with van der Waals surface area (Å²) in [7, 11) is 0. The molecule has 1 aromatic carbocycles. The molecule has 2 nitrogen and oxygen atoms in total. The third kappa shape index (κ3) is 2.88. The third-order valence-corrected chi connectivity index (χ3v) is 2.27. The number of terminal acetylenes is 1. The van der Waals surface area contributed by atoms with Crippen LogP contribution < -0.4 is 5.32 Å². The minimum Gasteiger partial charge on any atom is -0.287 e. The molecule has 0 amide bonds. The summed E-state index contributed by atoms with van der Waals surface area (Å²) in [5.41, 5.74) is 0.922. The van der Waals surface area contributed by atoms with E-state index in [2.05, 4.69) is 33.2 Å². The largest absolute Gasteiger partial charge is 0.287 e. The van der Waals surface area contributed by atoms with Gasteiger partial charge in [-0.25, -0.2) is 0 Å². The van der Waals surface area contributed by atoms with Gasteiger partial charge in [0, 0.05) is 4.47 Å². The molecular formula is C11H9BrN2. The minimum atomic E-state index is -0.334. The monoisotopic (exact) mass is 248 g/mol. The Balaban J connectivity index is 2.76. The van der Waals surface area contributed by atoms with Crippen molar-refractivity contribution in [2.24, 2.45) is 0 Å². The summed E-state index contributed by atoms with van der Waals surface area (Å²) >= 11 is 3.33. The highest BCUT2D eigenvalue weighted by molar-refractivity contribution is 9.10. The first-order valence-corrected chi connectivity index (χ1v) is 4.89. The lowest BCUT2D eigenvalue weighted by molar-refractivity contribution is 0.691. The van der Waals surface area contributed by atoms with E-state index in [-0.39, 0.29) is 6.04 Å². The molecule has 0 aliphatic heterocycles. The van der Waals surface area contributed by atoms with Gasteiger partial charge in [0.15, 0.2) is 0 Å². The van der Waals surface area contributed by atoms with E-state index in [1.54, 1.807) is 0 Å². The van der Waals surface area contributed by atoms with Crippen LogP contribution in [0.4, 0.5) is 0 Å². The second kappa shape index (κ2) is 5.44. The van der Waals surface area contributed by atoms with Gasteiger partial charge >= 0.3 is 0 Å². The van der Waals surface area contributed by atoms with Crippen LogP contribution in [0.15, 0.2) is 28.7 Å². The zero-order chi connectivity index (χ0) is 10.4. The van der Waals surface area contributed by atoms with Crippen molar-refractivity contribution in [2.45, 2.75) is 6.04 Å². The highest BCUT2D eigenvalue weighted by Crippen LogP contribution is 2.15. The van der Waals surface area contributed by atoms with E-state index in [0.717, 1.165) is 10.0 Å². The lowest BCUT2D eigenvalue weighted by Gasteiger charge is -2.09. The van der Waals surface area contributed by atoms with Crippen LogP contribution in [0, 0.1) is 23.7 Å². The van der Waals surface area contributed by atoms with E-state index < -0.39 is 0 Å². The fourth-order valence-electron chi connectivity index (χ4n) is 1.05. The van der Waals surface area contributed by atoms with Gasteiger partial charge in [0.05, 0.1) is 12.6 Å². The third-order valence-electron chi connectivity index (χ3n) is 1.74. The van der Waals surface area contributed by atoms with E-state index in [4.69, 9.17) is 11.7 Å². The molecule has 0 fully saturated rings. The zero-order valence-corrected chi connectivity index (χ0v) is 9.08. The van der Waals surface area contributed by atoms with Crippen LogP contribution in [-0.4, -0.2) is 6.54 Å². The Bertz CT molecular complexity index is 370. The predicted octanol–water partition coefficient (Wildman–Crippen LogP) is 2.24. The Morgan fingerprint density at radius 1 is 1.43 bits per heavy atom. The molecule has 0 saturated heterocycles. The lowest BCUT2D eigenvalue weighted by atomic mass is 10.1. The molecule has 0 spiro atoms. The standard InChI is InChI=1S/C11H9BrN2/c1-2-7-14-11(8-13)9-3-5-10(12)6-4-9/h1,3-6,11,14H,7H2. The van der Waals surface area contributed by atoms with Crippen molar-refractivity contribution in [2.75, 3.05) is 6.54 Å². The number of benzene rings is 1. The molecule has 14 heavy (non-hydrogen) atoms. The van der Waals surface area contributed by atoms with Crippen LogP contribution in [0.25, 0.3) is 0 Å². The number of hydrogen-bond acceptors (Lipinski definition) is 2. The number of nitrogens with zero attached hydrogens (tertiary/aromatic N) is 1. The van der Waals surface area contributed by atoms with Gasteiger partial charge in [0.2, 0.25) is 0 Å². The zero-order valence-electron chi connectivity index (χ0n) is 7.50. The van der Waals surface area contributed by atoms with E-state index in [1.807, 2.05) is 24.3 Å². The van der Waals surface area contributed by atoms with Crippen LogP contribution in [0.5, 0.6) is 0 Å². The predicted molar refractivity (Wildman–Crippen MR) is 59.3 cm³/mol. The van der Waals surface area contributed by atoms with Crippen LogP contribution in [-0.2, 0) is 0 Å². The van der Waals surface area contributed by atoms with E-state index in [1.165, 1.54) is 0 Å². The molecule has 3 heteroatoms. The van der Waals surface area contributed by atoms with Crippen molar-refractivity contribution in [3.63, 3.8) is 0 Å². The Hall–Kier alpha value is -1.29. The Kier molecular flexibility index (Phi) is 4.19. The smallest absolute Gasteiger partial charge is 0.122 e. The molecule has 1 aromatic rings. The molecule has 0 aromatic heterocycles. The summed E-state index contributed by atoms with van der Waals surface area (Å²) in [4.78, 5) is 0. The SMILES string of the molecule is C#CCNC(C#N)c1ccc(Br)cc1. The topological polar surface area (TPSA) is 35.8 Å². The van der Waals surface area contributed by atoms with Gasteiger partial charge in [0.1, 0.15) is 6.04 Å². The van der Waals surface area contributed by atoms with Gasteiger partial charge in [-0.2, -0.15) is 5.26 Å². The molecule has 0 heterocycles. The summed E-state index contributed by atoms with van der Waals surface area (Å²) in [6.07, 6.45) is 5.10. The lowest BCUT2D eigenvalue weighted by Crippen LogP contribution is -2.19. The molecule has 1 unspecified atom stereocenters. The van der Waals surface area contributed by atoms with Gasteiger partial charge in [-0.05, 0) is 17.7 Å². The van der Waals surface area contributed by atoms with Gasteiger partial charge in [-0.1, -0.05) is 34.0 Å². The molecule has 0 aliphatic rings. The average molecular weight is 249 g/mol. The maximum absolute atomic E-state index is 8.88. The quantitative estimate of drug-likeness (QED) is 0.834. The van der Waals surface area contributed by atoms with Crippen molar-refractivity contribution in [1.29, 1.82) is 5.26 Å². The Labute approximate surface area is 92.1 Å². The fourth-order valence-corrected chi connectivity index (χ4v) is 1.32. The fraction of sp³-hybridized carbons (Fsp3) is 0.182. The highest BCUT2D eigenvalue weighted by Gasteiger charge is 2.07. The maximum atomic E-state index is 8.88. The molecule has 1 N–H and O–H groups in total. The second-order valence-electron chi connectivity index (χ2n) is 2.70. The van der Waals surface area contributed by atoms with Crippen molar-refractivity contribution in [1.82, 2.24) is 5.32 Å². The van der Waals surface area contributed by atoms with E-state index in [9.17, 15) is 0 Å². The normalized spacial score (nSPS) is 11.4. The first kappa shape index (κ1) is 10.8. The summed E-state index contributed by atoms with van der Waals surface area (Å²) in [6, 6.07) is 9.40. The number of nitriles is 1. The molecule has 1 rings (SSSR count). The molecule has 0 saturated carbocycles. The summed E-state index contributed by atoms with van der Waals surface area (Å²) in [5, 5.41) is 11.8. The number of nitrogens with one attached hydrogen (secondary N) is 1. The van der Waals surface area contributed by atoms with Crippen LogP contribution in [0.2, 0.25) is 0 Å². The van der Waals surface area contributed by atoms with E-state index in [0.29, 0.717) is 6.54 Å². The first-order chi connectivity index (χ1) is 6.77. The van der Waals surface area contributed by atoms with Gasteiger partial charge in [-0.15, -0.1) is 6.42 Å². The summed E-state index contributed by atoms with van der Waals surface area (Å²) in [6.45, 7) is 0.397. The number of rotatable bonds is 3. The Morgan fingerprint density at radius 3 is 2.57 bits per heavy atom. The van der Waals surface area contributed by atoms with Crippen LogP contribution in [0.3, 0.4) is 0 Å². The van der Waals surface area contributed by atoms with Crippen molar-refractivity contribution in [3.05, 3.63) is 34.3 Å². The minimum absolute atomic E-state index is 0.334. The van der Waals surface area contributed by atoms with Crippen molar-refractivity contribution in [3.8, 4) is 18.4 Å². The van der Waals surface area contributed by atoms with Gasteiger partial charge in [-0.3, -0.25) is 5.32 Å². The number of hydrogen-bond donors (Lipinski definition) is 1. The van der Waals surface area contributed by atoms with Gasteiger partial charge < -0.3 is 0 Å². The molecular weight excluding hydrogens is 240 g/mol. The highest BCUT2D eigenvalue weighted by atomic mass is 79.9. The molecule has 0 radical (unpaired) electrons. The molecule has 0 bridgehead atoms. The molecule has 1 atom stereocenters. The van der Waals surface area contributed by atoms with Gasteiger partial charge in [0.25, 0.3) is 0 Å².